The number of thioether (sulfide) groups is 2. The third kappa shape index (κ3) is 8.86. The molecule has 0 aromatic heterocycles. The predicted molar refractivity (Wildman–Crippen MR) is 128 cm³/mol. The first-order valence-electron chi connectivity index (χ1n) is 11.2. The predicted octanol–water partition coefficient (Wildman–Crippen LogP) is 5.43. The van der Waals surface area contributed by atoms with Gasteiger partial charge < -0.3 is 19.0 Å². The Bertz CT molecular complexity index is 398. The van der Waals surface area contributed by atoms with Crippen LogP contribution in [0.1, 0.15) is 67.2 Å². The Kier molecular flexibility index (Phi) is 13.3. The summed E-state index contributed by atoms with van der Waals surface area (Å²) in [5, 5.41) is 0.774. The quantitative estimate of drug-likeness (QED) is 0.264. The molecule has 1 aliphatic rings. The van der Waals surface area contributed by atoms with Crippen LogP contribution < -0.4 is 5.73 Å². The third-order valence-electron chi connectivity index (χ3n) is 5.75. The van der Waals surface area contributed by atoms with E-state index in [4.69, 9.17) is 19.0 Å². The van der Waals surface area contributed by atoms with Crippen LogP contribution in [-0.4, -0.2) is 56.7 Å². The maximum atomic E-state index is 5.99. The molecule has 0 aromatic rings. The van der Waals surface area contributed by atoms with Crippen molar-refractivity contribution < 1.29 is 13.3 Å². The van der Waals surface area contributed by atoms with Crippen molar-refractivity contribution in [3.63, 3.8) is 0 Å². The van der Waals surface area contributed by atoms with Gasteiger partial charge in [-0.1, -0.05) is 20.8 Å². The van der Waals surface area contributed by atoms with Crippen molar-refractivity contribution >= 4 is 32.3 Å². The summed E-state index contributed by atoms with van der Waals surface area (Å²) in [7, 11) is -2.49. The Hall–Kier alpha value is 0.757. The fourth-order valence-corrected chi connectivity index (χ4v) is 9.51. The highest BCUT2D eigenvalue weighted by Gasteiger charge is 2.40. The number of hydrogen-bond acceptors (Lipinski definition) is 6. The van der Waals surface area contributed by atoms with E-state index in [1.165, 1.54) is 19.3 Å². The van der Waals surface area contributed by atoms with Crippen molar-refractivity contribution in [2.45, 2.75) is 83.3 Å². The third-order valence-corrected chi connectivity index (χ3v) is 12.0. The monoisotopic (exact) mass is 451 g/mol. The minimum atomic E-state index is -2.49. The summed E-state index contributed by atoms with van der Waals surface area (Å²) >= 11 is 4.22. The van der Waals surface area contributed by atoms with Crippen molar-refractivity contribution in [2.24, 2.45) is 17.6 Å². The molecule has 0 heterocycles. The molecule has 1 saturated carbocycles. The zero-order valence-electron chi connectivity index (χ0n) is 19.1. The summed E-state index contributed by atoms with van der Waals surface area (Å²) in [5.74, 6) is 3.84. The van der Waals surface area contributed by atoms with Gasteiger partial charge in [-0.05, 0) is 64.0 Å². The van der Waals surface area contributed by atoms with Crippen LogP contribution in [0.4, 0.5) is 0 Å². The number of rotatable bonds is 15. The lowest BCUT2D eigenvalue weighted by Crippen LogP contribution is -2.46. The fourth-order valence-electron chi connectivity index (χ4n) is 4.11. The molecular weight excluding hydrogens is 406 g/mol. The first-order valence-corrected chi connectivity index (χ1v) is 15.2. The zero-order valence-corrected chi connectivity index (χ0v) is 21.8. The molecule has 3 unspecified atom stereocenters. The van der Waals surface area contributed by atoms with Crippen molar-refractivity contribution in [3.8, 4) is 0 Å². The van der Waals surface area contributed by atoms with E-state index in [1.807, 2.05) is 20.8 Å². The average molecular weight is 452 g/mol. The Morgan fingerprint density at radius 1 is 1.00 bits per heavy atom. The summed E-state index contributed by atoms with van der Waals surface area (Å²) in [6.07, 6.45) is 5.14. The van der Waals surface area contributed by atoms with E-state index in [9.17, 15) is 0 Å². The first-order chi connectivity index (χ1) is 13.3. The summed E-state index contributed by atoms with van der Waals surface area (Å²) in [6.45, 7) is 16.2. The van der Waals surface area contributed by atoms with Crippen LogP contribution in [-0.2, 0) is 13.3 Å². The van der Waals surface area contributed by atoms with Gasteiger partial charge in [-0.25, -0.2) is 0 Å². The zero-order chi connectivity index (χ0) is 21.0. The molecule has 1 fully saturated rings. The maximum Gasteiger partial charge on any atom is 0.500 e. The molecule has 4 nitrogen and oxygen atoms in total. The average Bonchev–Trinajstić information content (AvgIpc) is 2.65. The van der Waals surface area contributed by atoms with Crippen LogP contribution in [0, 0.1) is 11.8 Å². The minimum Gasteiger partial charge on any atom is -0.374 e. The van der Waals surface area contributed by atoms with Crippen LogP contribution >= 0.6 is 23.5 Å². The Morgan fingerprint density at radius 2 is 1.61 bits per heavy atom. The van der Waals surface area contributed by atoms with Crippen LogP contribution in [0.15, 0.2) is 0 Å². The van der Waals surface area contributed by atoms with Gasteiger partial charge in [-0.3, -0.25) is 0 Å². The molecule has 0 amide bonds. The van der Waals surface area contributed by atoms with Gasteiger partial charge in [0.1, 0.15) is 0 Å². The van der Waals surface area contributed by atoms with Gasteiger partial charge in [0.2, 0.25) is 0 Å². The highest BCUT2D eigenvalue weighted by molar-refractivity contribution is 8.00. The summed E-state index contributed by atoms with van der Waals surface area (Å²) < 4.78 is 18.3. The van der Waals surface area contributed by atoms with Gasteiger partial charge in [0.25, 0.3) is 0 Å². The second kappa shape index (κ2) is 13.9. The topological polar surface area (TPSA) is 53.7 Å². The Morgan fingerprint density at radius 3 is 2.14 bits per heavy atom. The molecule has 28 heavy (non-hydrogen) atoms. The molecule has 7 heteroatoms. The van der Waals surface area contributed by atoms with Gasteiger partial charge in [0.15, 0.2) is 0 Å². The molecular formula is C21H45NO3S2Si. The van der Waals surface area contributed by atoms with E-state index in [0.717, 1.165) is 47.6 Å². The molecule has 3 atom stereocenters. The lowest BCUT2D eigenvalue weighted by atomic mass is 9.77. The van der Waals surface area contributed by atoms with Crippen molar-refractivity contribution in [3.05, 3.63) is 0 Å². The second-order valence-corrected chi connectivity index (χ2v) is 14.1. The molecule has 0 aromatic carbocycles. The highest BCUT2D eigenvalue weighted by Crippen LogP contribution is 2.45. The fraction of sp³-hybridized carbons (Fsp3) is 1.00. The minimum absolute atomic E-state index is 0.314. The molecule has 1 rings (SSSR count). The van der Waals surface area contributed by atoms with Gasteiger partial charge in [-0.2, -0.15) is 23.5 Å². The van der Waals surface area contributed by atoms with Gasteiger partial charge in [0, 0.05) is 48.2 Å². The standard InChI is InChI=1S/C21H45NO3S2Si/c1-7-23-28(24-8-2,25-9-3)16-10-14-27-21(5,6)19-12-11-18(4)20(17-19)26-15-13-22/h18-20H,7-17,22H2,1-6H3. The second-order valence-electron chi connectivity index (χ2n) is 8.22. The van der Waals surface area contributed by atoms with E-state index in [1.54, 1.807) is 0 Å². The van der Waals surface area contributed by atoms with Crippen molar-refractivity contribution in [1.82, 2.24) is 0 Å². The summed E-state index contributed by atoms with van der Waals surface area (Å²) in [6, 6.07) is 0.919. The summed E-state index contributed by atoms with van der Waals surface area (Å²) in [5.41, 5.74) is 5.74. The lowest BCUT2D eigenvalue weighted by Gasteiger charge is -2.42. The van der Waals surface area contributed by atoms with Crippen molar-refractivity contribution in [1.29, 1.82) is 0 Å². The van der Waals surface area contributed by atoms with E-state index in [2.05, 4.69) is 44.3 Å². The normalized spacial score (nSPS) is 23.9. The Labute approximate surface area is 184 Å². The lowest BCUT2D eigenvalue weighted by molar-refractivity contribution is 0.0712. The Balaban J connectivity index is 2.52. The summed E-state index contributed by atoms with van der Waals surface area (Å²) in [4.78, 5) is 0. The highest BCUT2D eigenvalue weighted by atomic mass is 32.2. The molecule has 168 valence electrons. The van der Waals surface area contributed by atoms with Crippen LogP contribution in [0.25, 0.3) is 0 Å². The molecule has 0 bridgehead atoms. The molecule has 2 N–H and O–H groups in total. The molecule has 1 aliphatic carbocycles. The number of hydrogen-bond donors (Lipinski definition) is 1. The molecule has 0 spiro atoms. The van der Waals surface area contributed by atoms with Gasteiger partial charge in [-0.15, -0.1) is 0 Å². The number of nitrogens with two attached hydrogens (primary N) is 1. The van der Waals surface area contributed by atoms with Gasteiger partial charge in [0.05, 0.1) is 0 Å². The molecule has 0 radical (unpaired) electrons. The van der Waals surface area contributed by atoms with E-state index < -0.39 is 8.80 Å². The first kappa shape index (κ1) is 26.8. The van der Waals surface area contributed by atoms with E-state index >= 15 is 0 Å². The van der Waals surface area contributed by atoms with Crippen LogP contribution in [0.3, 0.4) is 0 Å². The maximum absolute atomic E-state index is 5.99. The molecule has 0 aliphatic heterocycles. The SMILES string of the molecule is CCO[Si](CCCSC(C)(C)C1CCC(C)C(SCCN)C1)(OCC)OCC. The van der Waals surface area contributed by atoms with Crippen LogP contribution in [0.2, 0.25) is 6.04 Å². The van der Waals surface area contributed by atoms with Gasteiger partial charge >= 0.3 is 8.80 Å². The van der Waals surface area contributed by atoms with E-state index in [0.29, 0.717) is 24.6 Å². The van der Waals surface area contributed by atoms with Crippen LogP contribution in [0.5, 0.6) is 0 Å². The molecule has 0 saturated heterocycles. The van der Waals surface area contributed by atoms with Crippen molar-refractivity contribution in [2.75, 3.05) is 37.9 Å². The smallest absolute Gasteiger partial charge is 0.374 e. The largest absolute Gasteiger partial charge is 0.500 e. The van der Waals surface area contributed by atoms with E-state index in [-0.39, 0.29) is 0 Å².